The van der Waals surface area contributed by atoms with Crippen molar-refractivity contribution in [2.45, 2.75) is 16.9 Å². The Balaban J connectivity index is 1.78. The molecule has 0 N–H and O–H groups in total. The number of methoxy groups -OCH3 is 2. The van der Waals surface area contributed by atoms with Gasteiger partial charge in [-0.1, -0.05) is 11.8 Å². The first-order valence-electron chi connectivity index (χ1n) is 6.60. The van der Waals surface area contributed by atoms with Crippen molar-refractivity contribution in [3.63, 3.8) is 0 Å². The van der Waals surface area contributed by atoms with Crippen LogP contribution in [0.5, 0.6) is 11.5 Å². The number of hydrogen-bond acceptors (Lipinski definition) is 7. The molecule has 1 aliphatic heterocycles. The summed E-state index contributed by atoms with van der Waals surface area (Å²) in [4.78, 5) is 0. The molecule has 0 amide bonds. The SMILES string of the molecule is COc1ccc(-c2nnc(S[C@@H]3CCSC3)o2)cc1OC. The van der Waals surface area contributed by atoms with Crippen LogP contribution < -0.4 is 9.47 Å². The highest BCUT2D eigenvalue weighted by Crippen LogP contribution is 2.35. The first kappa shape index (κ1) is 14.6. The van der Waals surface area contributed by atoms with E-state index in [2.05, 4.69) is 10.2 Å². The number of benzene rings is 1. The van der Waals surface area contributed by atoms with Crippen molar-refractivity contribution in [3.8, 4) is 23.0 Å². The summed E-state index contributed by atoms with van der Waals surface area (Å²) < 4.78 is 16.3. The lowest BCUT2D eigenvalue weighted by Gasteiger charge is -2.07. The van der Waals surface area contributed by atoms with Gasteiger partial charge >= 0.3 is 0 Å². The Hall–Kier alpha value is -1.34. The van der Waals surface area contributed by atoms with E-state index in [0.717, 1.165) is 11.3 Å². The third kappa shape index (κ3) is 3.29. The van der Waals surface area contributed by atoms with Crippen molar-refractivity contribution in [1.82, 2.24) is 10.2 Å². The highest BCUT2D eigenvalue weighted by molar-refractivity contribution is 8.04. The molecule has 0 aliphatic carbocycles. The molecule has 3 rings (SSSR count). The largest absolute Gasteiger partial charge is 0.493 e. The van der Waals surface area contributed by atoms with E-state index in [9.17, 15) is 0 Å². The van der Waals surface area contributed by atoms with Crippen molar-refractivity contribution >= 4 is 23.5 Å². The molecule has 1 atom stereocenters. The molecule has 7 heteroatoms. The molecule has 1 aromatic heterocycles. The van der Waals surface area contributed by atoms with Gasteiger partial charge in [0.15, 0.2) is 11.5 Å². The maximum atomic E-state index is 5.74. The maximum Gasteiger partial charge on any atom is 0.277 e. The predicted octanol–water partition coefficient (Wildman–Crippen LogP) is 3.35. The minimum absolute atomic E-state index is 0.504. The normalized spacial score (nSPS) is 17.9. The summed E-state index contributed by atoms with van der Waals surface area (Å²) in [5.74, 6) is 4.20. The van der Waals surface area contributed by atoms with Crippen molar-refractivity contribution in [2.24, 2.45) is 0 Å². The Morgan fingerprint density at radius 1 is 1.24 bits per heavy atom. The Labute approximate surface area is 131 Å². The molecule has 0 radical (unpaired) electrons. The number of nitrogens with zero attached hydrogens (tertiary/aromatic N) is 2. The lowest BCUT2D eigenvalue weighted by atomic mass is 10.2. The molecule has 0 saturated carbocycles. The Bertz CT molecular complexity index is 612. The van der Waals surface area contributed by atoms with Gasteiger partial charge in [0.1, 0.15) is 0 Å². The van der Waals surface area contributed by atoms with E-state index in [1.54, 1.807) is 26.0 Å². The molecule has 0 bridgehead atoms. The first-order valence-corrected chi connectivity index (χ1v) is 8.64. The second-order valence-electron chi connectivity index (χ2n) is 4.55. The van der Waals surface area contributed by atoms with E-state index in [1.165, 1.54) is 12.2 Å². The molecule has 1 aliphatic rings. The maximum absolute atomic E-state index is 5.74. The van der Waals surface area contributed by atoms with Crippen LogP contribution in [0.15, 0.2) is 27.8 Å². The molecular weight excluding hydrogens is 308 g/mol. The molecular formula is C14H16N2O3S2. The molecule has 0 unspecified atom stereocenters. The predicted molar refractivity (Wildman–Crippen MR) is 84.4 cm³/mol. The van der Waals surface area contributed by atoms with Crippen LogP contribution in [-0.4, -0.2) is 41.2 Å². The highest BCUT2D eigenvalue weighted by Gasteiger charge is 2.20. The number of hydrogen-bond donors (Lipinski definition) is 0. The molecule has 2 heterocycles. The lowest BCUT2D eigenvalue weighted by Crippen LogP contribution is -1.98. The monoisotopic (exact) mass is 324 g/mol. The van der Waals surface area contributed by atoms with Gasteiger partial charge in [-0.2, -0.15) is 11.8 Å². The third-order valence-electron chi connectivity index (χ3n) is 3.19. The second-order valence-corrected chi connectivity index (χ2v) is 6.95. The standard InChI is InChI=1S/C14H16N2O3S2/c1-17-11-4-3-9(7-12(11)18-2)13-15-16-14(19-13)21-10-5-6-20-8-10/h3-4,7,10H,5-6,8H2,1-2H3/t10-/m1/s1. The van der Waals surface area contributed by atoms with Crippen LogP contribution >= 0.6 is 23.5 Å². The van der Waals surface area contributed by atoms with Gasteiger partial charge < -0.3 is 13.9 Å². The van der Waals surface area contributed by atoms with Crippen LogP contribution in [0.1, 0.15) is 6.42 Å². The van der Waals surface area contributed by atoms with Crippen LogP contribution in [0, 0.1) is 0 Å². The molecule has 1 aromatic carbocycles. The van der Waals surface area contributed by atoms with Crippen molar-refractivity contribution in [3.05, 3.63) is 18.2 Å². The lowest BCUT2D eigenvalue weighted by molar-refractivity contribution is 0.355. The number of rotatable bonds is 5. The molecule has 112 valence electrons. The van der Waals surface area contributed by atoms with Gasteiger partial charge in [0, 0.05) is 16.6 Å². The van der Waals surface area contributed by atoms with E-state index in [0.29, 0.717) is 27.9 Å². The number of thioether (sulfide) groups is 2. The van der Waals surface area contributed by atoms with Crippen LogP contribution in [0.3, 0.4) is 0 Å². The van der Waals surface area contributed by atoms with Crippen molar-refractivity contribution in [2.75, 3.05) is 25.7 Å². The zero-order valence-electron chi connectivity index (χ0n) is 11.9. The highest BCUT2D eigenvalue weighted by atomic mass is 32.2. The van der Waals surface area contributed by atoms with Gasteiger partial charge in [-0.3, -0.25) is 0 Å². The Morgan fingerprint density at radius 2 is 2.10 bits per heavy atom. The molecule has 1 saturated heterocycles. The van der Waals surface area contributed by atoms with E-state index >= 15 is 0 Å². The number of aromatic nitrogens is 2. The average Bonchev–Trinajstić information content (AvgIpc) is 3.19. The first-order chi connectivity index (χ1) is 10.3. The van der Waals surface area contributed by atoms with Crippen molar-refractivity contribution < 1.29 is 13.9 Å². The van der Waals surface area contributed by atoms with Crippen LogP contribution in [0.2, 0.25) is 0 Å². The quantitative estimate of drug-likeness (QED) is 0.836. The van der Waals surface area contributed by atoms with Gasteiger partial charge in [0.25, 0.3) is 5.22 Å². The topological polar surface area (TPSA) is 57.4 Å². The third-order valence-corrected chi connectivity index (χ3v) is 5.67. The summed E-state index contributed by atoms with van der Waals surface area (Å²) in [5, 5.41) is 9.45. The van der Waals surface area contributed by atoms with Crippen LogP contribution in [0.4, 0.5) is 0 Å². The van der Waals surface area contributed by atoms with Gasteiger partial charge in [0.2, 0.25) is 5.89 Å². The van der Waals surface area contributed by atoms with Gasteiger partial charge in [-0.25, -0.2) is 0 Å². The van der Waals surface area contributed by atoms with Crippen LogP contribution in [0.25, 0.3) is 11.5 Å². The number of ether oxygens (including phenoxy) is 2. The molecule has 1 fully saturated rings. The summed E-state index contributed by atoms with van der Waals surface area (Å²) in [6.45, 7) is 0. The summed E-state index contributed by atoms with van der Waals surface area (Å²) in [6, 6.07) is 5.56. The Kier molecular flexibility index (Phi) is 4.60. The van der Waals surface area contributed by atoms with Gasteiger partial charge in [0.05, 0.1) is 14.2 Å². The fourth-order valence-electron chi connectivity index (χ4n) is 2.09. The fourth-order valence-corrected chi connectivity index (χ4v) is 4.59. The molecule has 2 aromatic rings. The van der Waals surface area contributed by atoms with Crippen molar-refractivity contribution in [1.29, 1.82) is 0 Å². The summed E-state index contributed by atoms with van der Waals surface area (Å²) in [6.07, 6.45) is 1.20. The van der Waals surface area contributed by atoms with Crippen LogP contribution in [-0.2, 0) is 0 Å². The second kappa shape index (κ2) is 6.62. The van der Waals surface area contributed by atoms with E-state index < -0.39 is 0 Å². The zero-order chi connectivity index (χ0) is 14.7. The molecule has 0 spiro atoms. The van der Waals surface area contributed by atoms with Gasteiger partial charge in [-0.15, -0.1) is 10.2 Å². The smallest absolute Gasteiger partial charge is 0.277 e. The summed E-state index contributed by atoms with van der Waals surface area (Å²) in [7, 11) is 3.22. The van der Waals surface area contributed by atoms with E-state index in [1.807, 2.05) is 30.0 Å². The summed E-state index contributed by atoms with van der Waals surface area (Å²) >= 11 is 3.64. The minimum Gasteiger partial charge on any atom is -0.493 e. The zero-order valence-corrected chi connectivity index (χ0v) is 13.5. The summed E-state index contributed by atoms with van der Waals surface area (Å²) in [5.41, 5.74) is 0.827. The Morgan fingerprint density at radius 3 is 2.81 bits per heavy atom. The van der Waals surface area contributed by atoms with E-state index in [-0.39, 0.29) is 0 Å². The fraction of sp³-hybridized carbons (Fsp3) is 0.429. The molecule has 5 nitrogen and oxygen atoms in total. The molecule has 21 heavy (non-hydrogen) atoms. The minimum atomic E-state index is 0.504. The van der Waals surface area contributed by atoms with E-state index in [4.69, 9.17) is 13.9 Å². The van der Waals surface area contributed by atoms with Gasteiger partial charge in [-0.05, 0) is 30.4 Å². The average molecular weight is 324 g/mol.